The van der Waals surface area contributed by atoms with Crippen LogP contribution in [0.2, 0.25) is 0 Å². The fraction of sp³-hybridized carbons (Fsp3) is 0.0769. The van der Waals surface area contributed by atoms with E-state index in [1.165, 1.54) is 6.07 Å². The Kier molecular flexibility index (Phi) is 2.50. The highest BCUT2D eigenvalue weighted by Crippen LogP contribution is 2.24. The molecule has 1 radical (unpaired) electrons. The zero-order chi connectivity index (χ0) is 10.8. The van der Waals surface area contributed by atoms with Crippen molar-refractivity contribution < 1.29 is 8.78 Å². The maximum Gasteiger partial charge on any atom is 0.159 e. The Balaban J connectivity index is 2.55. The van der Waals surface area contributed by atoms with Crippen LogP contribution < -0.4 is 0 Å². The van der Waals surface area contributed by atoms with Crippen molar-refractivity contribution in [3.8, 4) is 11.1 Å². The van der Waals surface area contributed by atoms with Crippen LogP contribution in [0.4, 0.5) is 8.78 Å². The lowest BCUT2D eigenvalue weighted by Gasteiger charge is -2.05. The summed E-state index contributed by atoms with van der Waals surface area (Å²) in [5.41, 5.74) is 2.46. The third-order valence-corrected chi connectivity index (χ3v) is 2.29. The highest BCUT2D eigenvalue weighted by atomic mass is 19.2. The summed E-state index contributed by atoms with van der Waals surface area (Å²) in [6, 6.07) is 12.4. The van der Waals surface area contributed by atoms with Crippen molar-refractivity contribution in [2.75, 3.05) is 0 Å². The lowest BCUT2D eigenvalue weighted by molar-refractivity contribution is 0.509. The molecule has 0 N–H and O–H groups in total. The van der Waals surface area contributed by atoms with Crippen LogP contribution in [-0.4, -0.2) is 0 Å². The molecular weight excluding hydrogens is 194 g/mol. The van der Waals surface area contributed by atoms with Crippen LogP contribution in [0.25, 0.3) is 11.1 Å². The van der Waals surface area contributed by atoms with Crippen molar-refractivity contribution in [1.82, 2.24) is 0 Å². The van der Waals surface area contributed by atoms with E-state index in [-0.39, 0.29) is 0 Å². The Hall–Kier alpha value is -1.70. The molecule has 0 saturated carbocycles. The van der Waals surface area contributed by atoms with Gasteiger partial charge in [0.05, 0.1) is 0 Å². The number of halogens is 2. The first-order valence-electron chi connectivity index (χ1n) is 4.61. The summed E-state index contributed by atoms with van der Waals surface area (Å²) in [6.07, 6.45) is 0. The van der Waals surface area contributed by atoms with E-state index in [1.807, 2.05) is 19.1 Å². The van der Waals surface area contributed by atoms with Gasteiger partial charge in [0.15, 0.2) is 11.6 Å². The normalized spacial score (nSPS) is 10.3. The van der Waals surface area contributed by atoms with Crippen molar-refractivity contribution in [2.24, 2.45) is 0 Å². The summed E-state index contributed by atoms with van der Waals surface area (Å²) in [6.45, 7) is 1.89. The van der Waals surface area contributed by atoms with E-state index in [9.17, 15) is 8.78 Å². The van der Waals surface area contributed by atoms with Gasteiger partial charge in [-0.3, -0.25) is 0 Å². The van der Waals surface area contributed by atoms with Gasteiger partial charge in [0.1, 0.15) is 0 Å². The van der Waals surface area contributed by atoms with Gasteiger partial charge in [-0.05, 0) is 41.8 Å². The quantitative estimate of drug-likeness (QED) is 0.662. The molecule has 0 nitrogen and oxygen atoms in total. The number of aryl methyl sites for hydroxylation is 1. The van der Waals surface area contributed by atoms with Crippen molar-refractivity contribution in [1.29, 1.82) is 0 Å². The molecule has 0 amide bonds. The highest BCUT2D eigenvalue weighted by Gasteiger charge is 2.05. The van der Waals surface area contributed by atoms with E-state index >= 15 is 0 Å². The molecule has 0 unspecified atom stereocenters. The number of benzene rings is 2. The third-order valence-electron chi connectivity index (χ3n) is 2.29. The van der Waals surface area contributed by atoms with Crippen molar-refractivity contribution in [3.05, 3.63) is 59.7 Å². The highest BCUT2D eigenvalue weighted by molar-refractivity contribution is 5.66. The van der Waals surface area contributed by atoms with Crippen molar-refractivity contribution in [3.63, 3.8) is 0 Å². The first-order chi connectivity index (χ1) is 7.18. The molecule has 2 heteroatoms. The fourth-order valence-electron chi connectivity index (χ4n) is 1.50. The fourth-order valence-corrected chi connectivity index (χ4v) is 1.50. The Bertz CT molecular complexity index is 490. The summed E-state index contributed by atoms with van der Waals surface area (Å²) in [4.78, 5) is 0. The lowest BCUT2D eigenvalue weighted by atomic mass is 10.0. The van der Waals surface area contributed by atoms with Crippen LogP contribution in [0.15, 0.2) is 36.4 Å². The molecule has 0 heterocycles. The predicted octanol–water partition coefficient (Wildman–Crippen LogP) is 3.74. The van der Waals surface area contributed by atoms with Crippen LogP contribution in [0.5, 0.6) is 0 Å². The van der Waals surface area contributed by atoms with Gasteiger partial charge in [-0.1, -0.05) is 24.3 Å². The molecular formula is C13H9F2. The molecule has 0 atom stereocenters. The molecule has 0 bridgehead atoms. The SMILES string of the molecule is Cc1[c]cccc1-c1ccc(F)c(F)c1. The standard InChI is InChI=1S/C13H9F2/c1-9-4-2-3-5-11(9)10-6-7-12(14)13(15)8-10/h2-3,5-8H,1H3. The van der Waals surface area contributed by atoms with Gasteiger partial charge in [0, 0.05) is 0 Å². The van der Waals surface area contributed by atoms with Gasteiger partial charge in [0.2, 0.25) is 0 Å². The van der Waals surface area contributed by atoms with Crippen molar-refractivity contribution in [2.45, 2.75) is 6.92 Å². The minimum absolute atomic E-state index is 0.670. The smallest absolute Gasteiger partial charge is 0.159 e. The predicted molar refractivity (Wildman–Crippen MR) is 55.4 cm³/mol. The van der Waals surface area contributed by atoms with Crippen LogP contribution in [-0.2, 0) is 0 Å². The first-order valence-corrected chi connectivity index (χ1v) is 4.61. The maximum absolute atomic E-state index is 13.0. The average Bonchev–Trinajstić information content (AvgIpc) is 2.23. The van der Waals surface area contributed by atoms with Crippen LogP contribution >= 0.6 is 0 Å². The molecule has 2 rings (SSSR count). The van der Waals surface area contributed by atoms with Crippen LogP contribution in [0.3, 0.4) is 0 Å². The Morgan fingerprint density at radius 2 is 1.87 bits per heavy atom. The van der Waals surface area contributed by atoms with Gasteiger partial charge < -0.3 is 0 Å². The van der Waals surface area contributed by atoms with Crippen LogP contribution in [0.1, 0.15) is 5.56 Å². The second-order valence-corrected chi connectivity index (χ2v) is 3.34. The van der Waals surface area contributed by atoms with E-state index in [1.54, 1.807) is 12.1 Å². The zero-order valence-corrected chi connectivity index (χ0v) is 8.22. The Labute approximate surface area is 87.2 Å². The molecule has 0 aromatic heterocycles. The summed E-state index contributed by atoms with van der Waals surface area (Å²) in [7, 11) is 0. The molecule has 0 aliphatic carbocycles. The zero-order valence-electron chi connectivity index (χ0n) is 8.22. The molecule has 2 aromatic rings. The summed E-state index contributed by atoms with van der Waals surface area (Å²) < 4.78 is 25.7. The molecule has 15 heavy (non-hydrogen) atoms. The van der Waals surface area contributed by atoms with Gasteiger partial charge in [-0.2, -0.15) is 0 Å². The number of hydrogen-bond donors (Lipinski definition) is 0. The summed E-state index contributed by atoms with van der Waals surface area (Å²) in [5.74, 6) is -1.65. The average molecular weight is 203 g/mol. The molecule has 2 aromatic carbocycles. The second kappa shape index (κ2) is 3.81. The topological polar surface area (TPSA) is 0 Å². The maximum atomic E-state index is 13.0. The van der Waals surface area contributed by atoms with Gasteiger partial charge in [0.25, 0.3) is 0 Å². The first kappa shape index (κ1) is 9.84. The molecule has 0 aliphatic rings. The van der Waals surface area contributed by atoms with E-state index in [0.29, 0.717) is 5.56 Å². The van der Waals surface area contributed by atoms with Gasteiger partial charge in [-0.15, -0.1) is 0 Å². The summed E-state index contributed by atoms with van der Waals surface area (Å²) in [5, 5.41) is 0. The van der Waals surface area contributed by atoms with Gasteiger partial charge >= 0.3 is 0 Å². The minimum Gasteiger partial charge on any atom is -0.204 e. The Morgan fingerprint density at radius 3 is 2.53 bits per heavy atom. The number of rotatable bonds is 1. The lowest BCUT2D eigenvalue weighted by Crippen LogP contribution is -1.87. The molecule has 0 spiro atoms. The number of hydrogen-bond acceptors (Lipinski definition) is 0. The Morgan fingerprint density at radius 1 is 1.07 bits per heavy atom. The molecule has 0 saturated heterocycles. The van der Waals surface area contributed by atoms with Crippen molar-refractivity contribution >= 4 is 0 Å². The van der Waals surface area contributed by atoms with E-state index in [2.05, 4.69) is 6.07 Å². The van der Waals surface area contributed by atoms with E-state index in [0.717, 1.165) is 17.2 Å². The summed E-state index contributed by atoms with van der Waals surface area (Å²) >= 11 is 0. The third kappa shape index (κ3) is 1.89. The van der Waals surface area contributed by atoms with Crippen LogP contribution in [0, 0.1) is 24.6 Å². The molecule has 0 fully saturated rings. The molecule has 0 aliphatic heterocycles. The second-order valence-electron chi connectivity index (χ2n) is 3.34. The minimum atomic E-state index is -0.823. The van der Waals surface area contributed by atoms with Gasteiger partial charge in [-0.25, -0.2) is 8.78 Å². The molecule has 75 valence electrons. The largest absolute Gasteiger partial charge is 0.204 e. The van der Waals surface area contributed by atoms with E-state index in [4.69, 9.17) is 0 Å². The monoisotopic (exact) mass is 203 g/mol. The van der Waals surface area contributed by atoms with E-state index < -0.39 is 11.6 Å².